The smallest absolute Gasteiger partial charge is 0.122 e. The van der Waals surface area contributed by atoms with E-state index < -0.39 is 0 Å². The van der Waals surface area contributed by atoms with Gasteiger partial charge in [0.05, 0.1) is 5.69 Å². The molecule has 2 rings (SSSR count). The molecule has 0 aliphatic carbocycles. The van der Waals surface area contributed by atoms with Crippen LogP contribution in [0, 0.1) is 0 Å². The molecule has 1 aliphatic rings. The molecule has 1 atom stereocenters. The number of nitrogens with two attached hydrogens (primary N) is 1. The highest BCUT2D eigenvalue weighted by Crippen LogP contribution is 2.35. The van der Waals surface area contributed by atoms with Crippen LogP contribution in [0.5, 0.6) is 0 Å². The number of amidine groups is 1. The van der Waals surface area contributed by atoms with Gasteiger partial charge in [-0.15, -0.1) is 11.6 Å². The Kier molecular flexibility index (Phi) is 1.36. The number of nitrogens with zero attached hydrogens (tertiary/aromatic N) is 1. The van der Waals surface area contributed by atoms with E-state index in [0.29, 0.717) is 5.84 Å². The lowest BCUT2D eigenvalue weighted by Gasteiger charge is -1.99. The van der Waals surface area contributed by atoms with Crippen molar-refractivity contribution in [1.82, 2.24) is 0 Å². The van der Waals surface area contributed by atoms with E-state index in [9.17, 15) is 0 Å². The second-order valence-corrected chi connectivity index (χ2v) is 2.89. The third-order valence-corrected chi connectivity index (χ3v) is 2.18. The molecule has 3 heteroatoms. The normalized spacial score (nSPS) is 21.2. The quantitative estimate of drug-likeness (QED) is 0.588. The molecule has 0 fully saturated rings. The third kappa shape index (κ3) is 0.906. The van der Waals surface area contributed by atoms with Gasteiger partial charge in [-0.3, -0.25) is 0 Å². The van der Waals surface area contributed by atoms with Crippen LogP contribution in [0.25, 0.3) is 0 Å². The number of aliphatic imine (C=N–C) groups is 1. The minimum atomic E-state index is -0.230. The monoisotopic (exact) mass is 166 g/mol. The molecule has 1 aromatic rings. The Morgan fingerprint density at radius 3 is 2.82 bits per heavy atom. The first-order chi connectivity index (χ1) is 5.29. The van der Waals surface area contributed by atoms with Crippen molar-refractivity contribution >= 4 is 23.1 Å². The Balaban J connectivity index is 2.58. The Morgan fingerprint density at radius 2 is 2.09 bits per heavy atom. The number of fused-ring (bicyclic) bond motifs is 1. The van der Waals surface area contributed by atoms with E-state index >= 15 is 0 Å². The van der Waals surface area contributed by atoms with Crippen LogP contribution in [-0.2, 0) is 0 Å². The summed E-state index contributed by atoms with van der Waals surface area (Å²) in [5.74, 6) is 0.493. The molecular formula is C8H7ClN2. The van der Waals surface area contributed by atoms with Crippen molar-refractivity contribution in [3.63, 3.8) is 0 Å². The maximum absolute atomic E-state index is 5.94. The first-order valence-electron chi connectivity index (χ1n) is 3.36. The van der Waals surface area contributed by atoms with Gasteiger partial charge in [0.1, 0.15) is 11.2 Å². The molecule has 0 bridgehead atoms. The minimum Gasteiger partial charge on any atom is -0.386 e. The van der Waals surface area contributed by atoms with Gasteiger partial charge in [-0.2, -0.15) is 0 Å². The fourth-order valence-electron chi connectivity index (χ4n) is 1.16. The van der Waals surface area contributed by atoms with Gasteiger partial charge >= 0.3 is 0 Å². The first-order valence-corrected chi connectivity index (χ1v) is 3.80. The van der Waals surface area contributed by atoms with Gasteiger partial charge in [0.25, 0.3) is 0 Å². The number of benzene rings is 1. The molecule has 0 saturated heterocycles. The summed E-state index contributed by atoms with van der Waals surface area (Å²) >= 11 is 5.94. The predicted molar refractivity (Wildman–Crippen MR) is 46.3 cm³/mol. The molecule has 0 amide bonds. The SMILES string of the molecule is NC1=Nc2ccccc2C1Cl. The van der Waals surface area contributed by atoms with Crippen LogP contribution in [0.15, 0.2) is 29.3 Å². The highest BCUT2D eigenvalue weighted by atomic mass is 35.5. The minimum absolute atomic E-state index is 0.230. The summed E-state index contributed by atoms with van der Waals surface area (Å²) in [6.07, 6.45) is 0. The zero-order chi connectivity index (χ0) is 7.84. The average Bonchev–Trinajstić information content (AvgIpc) is 2.30. The maximum Gasteiger partial charge on any atom is 0.122 e. The predicted octanol–water partition coefficient (Wildman–Crippen LogP) is 1.97. The highest BCUT2D eigenvalue weighted by Gasteiger charge is 2.21. The molecule has 11 heavy (non-hydrogen) atoms. The Morgan fingerprint density at radius 1 is 1.36 bits per heavy atom. The van der Waals surface area contributed by atoms with Crippen LogP contribution >= 0.6 is 11.6 Å². The van der Waals surface area contributed by atoms with Crippen molar-refractivity contribution in [2.75, 3.05) is 0 Å². The van der Waals surface area contributed by atoms with Gasteiger partial charge in [0.2, 0.25) is 0 Å². The summed E-state index contributed by atoms with van der Waals surface area (Å²) in [7, 11) is 0. The van der Waals surface area contributed by atoms with Crippen molar-refractivity contribution in [1.29, 1.82) is 0 Å². The molecule has 2 N–H and O–H groups in total. The van der Waals surface area contributed by atoms with Gasteiger partial charge < -0.3 is 5.73 Å². The number of para-hydroxylation sites is 1. The fourth-order valence-corrected chi connectivity index (χ4v) is 1.39. The molecule has 0 radical (unpaired) electrons. The fraction of sp³-hybridized carbons (Fsp3) is 0.125. The summed E-state index contributed by atoms with van der Waals surface area (Å²) in [6, 6.07) is 7.70. The molecule has 1 heterocycles. The molecule has 56 valence electrons. The zero-order valence-corrected chi connectivity index (χ0v) is 6.55. The standard InChI is InChI=1S/C8H7ClN2/c9-7-5-3-1-2-4-6(5)11-8(7)10/h1-4,7H,(H2,10,11). The molecule has 1 unspecified atom stereocenters. The Labute approximate surface area is 69.7 Å². The van der Waals surface area contributed by atoms with Gasteiger partial charge in [0, 0.05) is 5.56 Å². The number of hydrogen-bond donors (Lipinski definition) is 1. The van der Waals surface area contributed by atoms with E-state index in [-0.39, 0.29) is 5.38 Å². The topological polar surface area (TPSA) is 38.4 Å². The van der Waals surface area contributed by atoms with Crippen LogP contribution in [0.2, 0.25) is 0 Å². The molecule has 0 spiro atoms. The molecule has 1 aromatic carbocycles. The van der Waals surface area contributed by atoms with E-state index in [1.807, 2.05) is 24.3 Å². The van der Waals surface area contributed by atoms with E-state index in [1.165, 1.54) is 0 Å². The lowest BCUT2D eigenvalue weighted by molar-refractivity contribution is 1.31. The summed E-state index contributed by atoms with van der Waals surface area (Å²) in [6.45, 7) is 0. The number of halogens is 1. The van der Waals surface area contributed by atoms with Crippen molar-refractivity contribution < 1.29 is 0 Å². The number of alkyl halides is 1. The van der Waals surface area contributed by atoms with Crippen LogP contribution in [0.3, 0.4) is 0 Å². The van der Waals surface area contributed by atoms with Gasteiger partial charge in [-0.25, -0.2) is 4.99 Å². The summed E-state index contributed by atoms with van der Waals surface area (Å²) in [5.41, 5.74) is 7.45. The summed E-state index contributed by atoms with van der Waals surface area (Å²) in [5, 5.41) is -0.230. The number of hydrogen-bond acceptors (Lipinski definition) is 2. The van der Waals surface area contributed by atoms with Crippen LogP contribution in [0.1, 0.15) is 10.9 Å². The van der Waals surface area contributed by atoms with Crippen LogP contribution < -0.4 is 5.73 Å². The van der Waals surface area contributed by atoms with Gasteiger partial charge in [0.15, 0.2) is 0 Å². The highest BCUT2D eigenvalue weighted by molar-refractivity contribution is 6.33. The van der Waals surface area contributed by atoms with Gasteiger partial charge in [-0.1, -0.05) is 18.2 Å². The van der Waals surface area contributed by atoms with Crippen LogP contribution in [-0.4, -0.2) is 5.84 Å². The molecule has 1 aliphatic heterocycles. The number of rotatable bonds is 0. The lowest BCUT2D eigenvalue weighted by Crippen LogP contribution is -2.13. The van der Waals surface area contributed by atoms with Crippen molar-refractivity contribution in [2.45, 2.75) is 5.38 Å². The molecule has 0 aromatic heterocycles. The van der Waals surface area contributed by atoms with Gasteiger partial charge in [-0.05, 0) is 6.07 Å². The van der Waals surface area contributed by atoms with E-state index in [4.69, 9.17) is 17.3 Å². The largest absolute Gasteiger partial charge is 0.386 e. The third-order valence-electron chi connectivity index (χ3n) is 1.72. The van der Waals surface area contributed by atoms with E-state index in [2.05, 4.69) is 4.99 Å². The molecule has 2 nitrogen and oxygen atoms in total. The lowest BCUT2D eigenvalue weighted by atomic mass is 10.1. The summed E-state index contributed by atoms with van der Waals surface area (Å²) < 4.78 is 0. The Bertz CT molecular complexity index is 320. The van der Waals surface area contributed by atoms with Crippen molar-refractivity contribution in [3.8, 4) is 0 Å². The molecule has 0 saturated carbocycles. The van der Waals surface area contributed by atoms with Crippen molar-refractivity contribution in [3.05, 3.63) is 29.8 Å². The molecular weight excluding hydrogens is 160 g/mol. The first kappa shape index (κ1) is 6.68. The maximum atomic E-state index is 5.94. The van der Waals surface area contributed by atoms with E-state index in [0.717, 1.165) is 11.3 Å². The Hall–Kier alpha value is -1.02. The second-order valence-electron chi connectivity index (χ2n) is 2.46. The zero-order valence-electron chi connectivity index (χ0n) is 5.79. The second kappa shape index (κ2) is 2.24. The van der Waals surface area contributed by atoms with Crippen LogP contribution in [0.4, 0.5) is 5.69 Å². The van der Waals surface area contributed by atoms with E-state index in [1.54, 1.807) is 0 Å². The summed E-state index contributed by atoms with van der Waals surface area (Å²) in [4.78, 5) is 4.10. The van der Waals surface area contributed by atoms with Crippen molar-refractivity contribution in [2.24, 2.45) is 10.7 Å². The average molecular weight is 167 g/mol.